The van der Waals surface area contributed by atoms with Gasteiger partial charge in [0, 0.05) is 36.4 Å². The highest BCUT2D eigenvalue weighted by atomic mass is 32.2. The largest absolute Gasteiger partial charge is 0.387 e. The predicted molar refractivity (Wildman–Crippen MR) is 142 cm³/mol. The Morgan fingerprint density at radius 3 is 2.57 bits per heavy atom. The first-order valence-corrected chi connectivity index (χ1v) is 13.2. The number of fused-ring (bicyclic) bond motifs is 1. The molecular formula is C26H29N5O5S. The Morgan fingerprint density at radius 1 is 1.08 bits per heavy atom. The Hall–Kier alpha value is -3.80. The van der Waals surface area contributed by atoms with Crippen molar-refractivity contribution in [3.8, 4) is 0 Å². The van der Waals surface area contributed by atoms with Crippen molar-refractivity contribution >= 4 is 32.4 Å². The van der Waals surface area contributed by atoms with E-state index < -0.39 is 21.1 Å². The summed E-state index contributed by atoms with van der Waals surface area (Å²) < 4.78 is 29.7. The average molecular weight is 524 g/mol. The minimum Gasteiger partial charge on any atom is -0.387 e. The molecule has 0 fully saturated rings. The number of rotatable bonds is 11. The molecule has 194 valence electrons. The third-order valence-corrected chi connectivity index (χ3v) is 7.54. The maximum Gasteiger partial charge on any atom is 0.271 e. The van der Waals surface area contributed by atoms with E-state index in [9.17, 15) is 23.6 Å². The monoisotopic (exact) mass is 523 g/mol. The molecule has 0 bridgehead atoms. The quantitative estimate of drug-likeness (QED) is 0.197. The third kappa shape index (κ3) is 6.50. The van der Waals surface area contributed by atoms with Gasteiger partial charge in [-0.25, -0.2) is 13.4 Å². The maximum atomic E-state index is 12.6. The van der Waals surface area contributed by atoms with Gasteiger partial charge in [-0.2, -0.15) is 0 Å². The highest BCUT2D eigenvalue weighted by Gasteiger charge is 2.21. The Labute approximate surface area is 215 Å². The topological polar surface area (TPSA) is 139 Å². The van der Waals surface area contributed by atoms with E-state index in [0.29, 0.717) is 29.7 Å². The molecular weight excluding hydrogens is 494 g/mol. The number of nitrogens with zero attached hydrogens (tertiary/aromatic N) is 3. The number of sulfonamides is 1. The number of aliphatic hydroxyl groups excluding tert-OH is 1. The molecule has 1 unspecified atom stereocenters. The smallest absolute Gasteiger partial charge is 0.271 e. The van der Waals surface area contributed by atoms with E-state index in [4.69, 9.17) is 0 Å². The van der Waals surface area contributed by atoms with Crippen LogP contribution in [0, 0.1) is 10.1 Å². The zero-order chi connectivity index (χ0) is 26.6. The first-order chi connectivity index (χ1) is 17.5. The summed E-state index contributed by atoms with van der Waals surface area (Å²) in [6, 6.07) is 19.4. The van der Waals surface area contributed by atoms with Crippen LogP contribution in [0.25, 0.3) is 11.0 Å². The molecule has 4 aromatic rings. The molecule has 0 aliphatic carbocycles. The van der Waals surface area contributed by atoms with E-state index in [2.05, 4.69) is 15.0 Å². The van der Waals surface area contributed by atoms with Gasteiger partial charge in [0.15, 0.2) is 0 Å². The Bertz CT molecular complexity index is 1500. The van der Waals surface area contributed by atoms with Crippen molar-refractivity contribution in [1.29, 1.82) is 0 Å². The van der Waals surface area contributed by atoms with Crippen LogP contribution in [-0.4, -0.2) is 40.1 Å². The lowest BCUT2D eigenvalue weighted by molar-refractivity contribution is -0.384. The van der Waals surface area contributed by atoms with Gasteiger partial charge in [0.25, 0.3) is 15.7 Å². The van der Waals surface area contributed by atoms with Crippen LogP contribution in [0.5, 0.6) is 0 Å². The first kappa shape index (κ1) is 26.3. The van der Waals surface area contributed by atoms with E-state index >= 15 is 0 Å². The molecule has 37 heavy (non-hydrogen) atoms. The number of aryl methyl sites for hydroxylation is 1. The fraction of sp³-hybridized carbons (Fsp3) is 0.269. The van der Waals surface area contributed by atoms with Gasteiger partial charge in [-0.15, -0.1) is 0 Å². The second-order valence-electron chi connectivity index (χ2n) is 9.44. The van der Waals surface area contributed by atoms with Crippen molar-refractivity contribution in [2.45, 2.75) is 43.4 Å². The number of nitro groups is 1. The second-order valence-corrected chi connectivity index (χ2v) is 11.1. The number of benzene rings is 3. The SMILES string of the molecule is CC(C)(CCn1cnc2cc([N+](=O)[O-])ccc21)NCC(O)c1cccc(NS(=O)(=O)c2ccccc2)c1. The average Bonchev–Trinajstić information content (AvgIpc) is 3.29. The summed E-state index contributed by atoms with van der Waals surface area (Å²) >= 11 is 0. The molecule has 0 amide bonds. The Morgan fingerprint density at radius 2 is 1.84 bits per heavy atom. The van der Waals surface area contributed by atoms with Gasteiger partial charge in [-0.3, -0.25) is 14.8 Å². The van der Waals surface area contributed by atoms with Gasteiger partial charge < -0.3 is 15.0 Å². The highest BCUT2D eigenvalue weighted by Crippen LogP contribution is 2.23. The normalized spacial score (nSPS) is 12.9. The van der Waals surface area contributed by atoms with Crippen molar-refractivity contribution in [1.82, 2.24) is 14.9 Å². The number of aromatic nitrogens is 2. The number of hydrogen-bond donors (Lipinski definition) is 3. The summed E-state index contributed by atoms with van der Waals surface area (Å²) in [5.41, 5.74) is 2.00. The number of hydrogen-bond acceptors (Lipinski definition) is 7. The van der Waals surface area contributed by atoms with Crippen molar-refractivity contribution in [2.75, 3.05) is 11.3 Å². The minimum absolute atomic E-state index is 0.00525. The van der Waals surface area contributed by atoms with Crippen LogP contribution >= 0.6 is 0 Å². The molecule has 0 saturated carbocycles. The number of anilines is 1. The minimum atomic E-state index is -3.73. The Balaban J connectivity index is 1.35. The molecule has 3 N–H and O–H groups in total. The zero-order valence-electron chi connectivity index (χ0n) is 20.5. The number of β-amino-alcohol motifs (C(OH)–C–C–N with tert-alkyl or cyclic N) is 1. The van der Waals surface area contributed by atoms with Crippen LogP contribution in [0.4, 0.5) is 11.4 Å². The van der Waals surface area contributed by atoms with Crippen molar-refractivity contribution in [2.24, 2.45) is 0 Å². The fourth-order valence-corrected chi connectivity index (χ4v) is 5.02. The standard InChI is InChI=1S/C26H29N5O5S/c1-26(2,13-14-30-18-27-23-16-21(31(33)34)11-12-24(23)30)28-17-25(32)19-7-6-8-20(15-19)29-37(35,36)22-9-4-3-5-10-22/h3-12,15-16,18,25,28-29,32H,13-14,17H2,1-2H3. The lowest BCUT2D eigenvalue weighted by Crippen LogP contribution is -2.42. The van der Waals surface area contributed by atoms with Crippen LogP contribution in [-0.2, 0) is 16.6 Å². The lowest BCUT2D eigenvalue weighted by atomic mass is 9.99. The number of nitro benzene ring substituents is 1. The molecule has 11 heteroatoms. The summed E-state index contributed by atoms with van der Waals surface area (Å²) in [4.78, 5) is 15.0. The zero-order valence-corrected chi connectivity index (χ0v) is 21.4. The summed E-state index contributed by atoms with van der Waals surface area (Å²) in [6.07, 6.45) is 1.52. The van der Waals surface area contributed by atoms with Crippen LogP contribution < -0.4 is 10.0 Å². The number of aliphatic hydroxyl groups is 1. The van der Waals surface area contributed by atoms with Gasteiger partial charge in [-0.05, 0) is 56.2 Å². The summed E-state index contributed by atoms with van der Waals surface area (Å²) in [5, 5.41) is 25.1. The third-order valence-electron chi connectivity index (χ3n) is 6.14. The van der Waals surface area contributed by atoms with Crippen LogP contribution in [0.2, 0.25) is 0 Å². The predicted octanol–water partition coefficient (Wildman–Crippen LogP) is 4.24. The van der Waals surface area contributed by atoms with Gasteiger partial charge in [-0.1, -0.05) is 30.3 Å². The molecule has 0 radical (unpaired) electrons. The van der Waals surface area contributed by atoms with Crippen molar-refractivity contribution in [3.63, 3.8) is 0 Å². The lowest BCUT2D eigenvalue weighted by Gasteiger charge is -2.28. The summed E-state index contributed by atoms with van der Waals surface area (Å²) in [5.74, 6) is 0. The number of non-ortho nitro benzene ring substituents is 1. The van der Waals surface area contributed by atoms with E-state index in [0.717, 1.165) is 5.52 Å². The molecule has 1 atom stereocenters. The van der Waals surface area contributed by atoms with Gasteiger partial charge in [0.05, 0.1) is 33.3 Å². The molecule has 0 saturated heterocycles. The maximum absolute atomic E-state index is 12.6. The highest BCUT2D eigenvalue weighted by molar-refractivity contribution is 7.92. The van der Waals surface area contributed by atoms with E-state index in [1.54, 1.807) is 54.9 Å². The fourth-order valence-electron chi connectivity index (χ4n) is 3.95. The molecule has 1 aromatic heterocycles. The molecule has 10 nitrogen and oxygen atoms in total. The summed E-state index contributed by atoms with van der Waals surface area (Å²) in [7, 11) is -3.73. The Kier molecular flexibility index (Phi) is 7.58. The van der Waals surface area contributed by atoms with E-state index in [1.165, 1.54) is 24.3 Å². The van der Waals surface area contributed by atoms with Crippen LogP contribution in [0.15, 0.2) is 84.0 Å². The first-order valence-electron chi connectivity index (χ1n) is 11.7. The number of imidazole rings is 1. The molecule has 0 aliphatic heterocycles. The van der Waals surface area contributed by atoms with Crippen LogP contribution in [0.3, 0.4) is 0 Å². The number of nitrogens with one attached hydrogen (secondary N) is 2. The van der Waals surface area contributed by atoms with Gasteiger partial charge >= 0.3 is 0 Å². The second kappa shape index (κ2) is 10.7. The van der Waals surface area contributed by atoms with Crippen molar-refractivity contribution in [3.05, 3.63) is 94.8 Å². The van der Waals surface area contributed by atoms with E-state index in [1.807, 2.05) is 18.4 Å². The van der Waals surface area contributed by atoms with E-state index in [-0.39, 0.29) is 22.7 Å². The van der Waals surface area contributed by atoms with Crippen LogP contribution in [0.1, 0.15) is 31.9 Å². The van der Waals surface area contributed by atoms with Crippen molar-refractivity contribution < 1.29 is 18.4 Å². The molecule has 0 aliphatic rings. The van der Waals surface area contributed by atoms with Gasteiger partial charge in [0.2, 0.25) is 0 Å². The molecule has 0 spiro atoms. The summed E-state index contributed by atoms with van der Waals surface area (Å²) in [6.45, 7) is 4.93. The molecule has 4 rings (SSSR count). The molecule has 3 aromatic carbocycles. The van der Waals surface area contributed by atoms with Gasteiger partial charge in [0.1, 0.15) is 0 Å². The molecule has 1 heterocycles.